The van der Waals surface area contributed by atoms with Gasteiger partial charge in [0.2, 0.25) is 0 Å². The van der Waals surface area contributed by atoms with Crippen molar-refractivity contribution in [3.63, 3.8) is 0 Å². The minimum absolute atomic E-state index is 0.949. The van der Waals surface area contributed by atoms with Crippen molar-refractivity contribution in [2.75, 3.05) is 0 Å². The Balaban J connectivity index is 4.40. The van der Waals surface area contributed by atoms with Crippen LogP contribution >= 0.6 is 23.2 Å². The van der Waals surface area contributed by atoms with Crippen LogP contribution in [0.4, 0.5) is 8.78 Å². The molecule has 0 amide bonds. The lowest BCUT2D eigenvalue weighted by Gasteiger charge is -2.29. The Labute approximate surface area is 67.9 Å². The summed E-state index contributed by atoms with van der Waals surface area (Å²) in [6.45, 7) is 1.90. The highest BCUT2D eigenvalue weighted by molar-refractivity contribution is 6.45. The number of rotatable bonds is 2. The Hall–Kier alpha value is 0.400. The molecule has 0 rings (SSSR count). The maximum absolute atomic E-state index is 12.5. The van der Waals surface area contributed by atoms with E-state index in [0.717, 1.165) is 13.8 Å². The van der Waals surface area contributed by atoms with Crippen LogP contribution in [0.3, 0.4) is 0 Å². The van der Waals surface area contributed by atoms with Crippen LogP contribution in [0, 0.1) is 0 Å². The van der Waals surface area contributed by atoms with Gasteiger partial charge in [-0.15, -0.1) is 0 Å². The topological polar surface area (TPSA) is 20.2 Å². The molecule has 0 unspecified atom stereocenters. The summed E-state index contributed by atoms with van der Waals surface area (Å²) >= 11 is 9.82. The summed E-state index contributed by atoms with van der Waals surface area (Å²) in [6.07, 6.45) is 0. The number of hydrogen-bond donors (Lipinski definition) is 1. The summed E-state index contributed by atoms with van der Waals surface area (Å²) in [5.41, 5.74) is -2.18. The van der Waals surface area contributed by atoms with Gasteiger partial charge in [0, 0.05) is 0 Å². The highest BCUT2D eigenvalue weighted by Gasteiger charge is 2.50. The molecule has 0 aliphatic carbocycles. The molecule has 1 nitrogen and oxygen atoms in total. The minimum Gasteiger partial charge on any atom is -0.384 e. The first kappa shape index (κ1) is 10.4. The van der Waals surface area contributed by atoms with Gasteiger partial charge in [-0.05, 0) is 13.8 Å². The van der Waals surface area contributed by atoms with Gasteiger partial charge < -0.3 is 5.11 Å². The molecule has 0 saturated carbocycles. The van der Waals surface area contributed by atoms with E-state index in [4.69, 9.17) is 28.3 Å². The number of halogens is 4. The predicted octanol–water partition coefficient (Wildman–Crippen LogP) is 2.20. The highest BCUT2D eigenvalue weighted by Crippen LogP contribution is 2.36. The minimum atomic E-state index is -3.48. The first-order valence-corrected chi connectivity index (χ1v) is 3.45. The van der Waals surface area contributed by atoms with Crippen LogP contribution in [0.25, 0.3) is 0 Å². The molecular formula is C5H8Cl2F2O. The van der Waals surface area contributed by atoms with Crippen molar-refractivity contribution in [2.24, 2.45) is 0 Å². The number of hydrogen-bond acceptors (Lipinski definition) is 1. The summed E-state index contributed by atoms with van der Waals surface area (Å²) in [7, 11) is 0. The van der Waals surface area contributed by atoms with Crippen LogP contribution in [0.2, 0.25) is 0 Å². The number of alkyl halides is 4. The SMILES string of the molecule is CC(C)(O)C(F)(F)C(Cl)Cl. The number of aliphatic hydroxyl groups is 1. The third-order valence-electron chi connectivity index (χ3n) is 1.09. The average Bonchev–Trinajstić information content (AvgIpc) is 1.62. The quantitative estimate of drug-likeness (QED) is 0.666. The average molecular weight is 193 g/mol. The normalized spacial score (nSPS) is 14.4. The molecule has 0 radical (unpaired) electrons. The van der Waals surface area contributed by atoms with Crippen LogP contribution in [0.5, 0.6) is 0 Å². The summed E-state index contributed by atoms with van der Waals surface area (Å²) in [5.74, 6) is -3.48. The molecule has 0 atom stereocenters. The Morgan fingerprint density at radius 1 is 1.30 bits per heavy atom. The van der Waals surface area contributed by atoms with Gasteiger partial charge in [-0.2, -0.15) is 0 Å². The lowest BCUT2D eigenvalue weighted by Crippen LogP contribution is -2.47. The zero-order valence-corrected chi connectivity index (χ0v) is 7.05. The van der Waals surface area contributed by atoms with Crippen LogP contribution in [0.1, 0.15) is 13.8 Å². The van der Waals surface area contributed by atoms with Crippen molar-refractivity contribution >= 4 is 23.2 Å². The van der Waals surface area contributed by atoms with Gasteiger partial charge in [-0.25, -0.2) is 8.78 Å². The first-order valence-electron chi connectivity index (χ1n) is 2.58. The molecule has 0 bridgehead atoms. The van der Waals surface area contributed by atoms with E-state index in [1.54, 1.807) is 0 Å². The van der Waals surface area contributed by atoms with Gasteiger partial charge in [0.1, 0.15) is 5.60 Å². The fourth-order valence-corrected chi connectivity index (χ4v) is 0.801. The molecule has 0 spiro atoms. The van der Waals surface area contributed by atoms with Gasteiger partial charge in [-0.1, -0.05) is 23.2 Å². The van der Waals surface area contributed by atoms with Crippen LogP contribution in [0.15, 0.2) is 0 Å². The molecule has 0 fully saturated rings. The molecule has 0 saturated heterocycles. The second-order valence-corrected chi connectivity index (χ2v) is 3.58. The Bertz CT molecular complexity index is 119. The second-order valence-electron chi connectivity index (χ2n) is 2.48. The lowest BCUT2D eigenvalue weighted by molar-refractivity contribution is -0.151. The molecular weight excluding hydrogens is 185 g/mol. The maximum atomic E-state index is 12.5. The third kappa shape index (κ3) is 1.94. The summed E-state index contributed by atoms with van der Waals surface area (Å²) in [6, 6.07) is 0. The zero-order valence-electron chi connectivity index (χ0n) is 5.54. The predicted molar refractivity (Wildman–Crippen MR) is 36.7 cm³/mol. The Kier molecular flexibility index (Phi) is 2.91. The van der Waals surface area contributed by atoms with E-state index in [1.807, 2.05) is 0 Å². The summed E-state index contributed by atoms with van der Waals surface area (Å²) < 4.78 is 25.1. The Morgan fingerprint density at radius 2 is 1.60 bits per heavy atom. The van der Waals surface area contributed by atoms with Crippen molar-refractivity contribution in [2.45, 2.75) is 30.2 Å². The molecule has 1 N–H and O–H groups in total. The lowest BCUT2D eigenvalue weighted by atomic mass is 10.0. The van der Waals surface area contributed by atoms with Crippen molar-refractivity contribution in [3.8, 4) is 0 Å². The standard InChI is InChI=1S/C5H8Cl2F2O/c1-4(2,10)5(8,9)3(6)7/h3,10H,1-2H3. The van der Waals surface area contributed by atoms with Crippen LogP contribution in [-0.4, -0.2) is 21.5 Å². The third-order valence-corrected chi connectivity index (χ3v) is 1.64. The molecule has 0 heterocycles. The molecule has 0 aromatic heterocycles. The maximum Gasteiger partial charge on any atom is 0.305 e. The van der Waals surface area contributed by atoms with E-state index >= 15 is 0 Å². The zero-order chi connectivity index (χ0) is 8.58. The van der Waals surface area contributed by atoms with E-state index in [1.165, 1.54) is 0 Å². The largest absolute Gasteiger partial charge is 0.384 e. The second kappa shape index (κ2) is 2.80. The molecule has 62 valence electrons. The fraction of sp³-hybridized carbons (Fsp3) is 1.00. The molecule has 0 aromatic rings. The smallest absolute Gasteiger partial charge is 0.305 e. The van der Waals surface area contributed by atoms with Gasteiger partial charge in [-0.3, -0.25) is 0 Å². The van der Waals surface area contributed by atoms with Gasteiger partial charge in [0.05, 0.1) is 0 Å². The van der Waals surface area contributed by atoms with E-state index in [0.29, 0.717) is 0 Å². The van der Waals surface area contributed by atoms with Gasteiger partial charge in [0.15, 0.2) is 4.84 Å². The monoisotopic (exact) mass is 192 g/mol. The molecule has 10 heavy (non-hydrogen) atoms. The van der Waals surface area contributed by atoms with Gasteiger partial charge in [0.25, 0.3) is 0 Å². The Morgan fingerprint density at radius 3 is 1.60 bits per heavy atom. The summed E-state index contributed by atoms with van der Waals surface area (Å²) in [5, 5.41) is 8.80. The summed E-state index contributed by atoms with van der Waals surface area (Å²) in [4.78, 5) is -1.88. The first-order chi connectivity index (χ1) is 4.19. The van der Waals surface area contributed by atoms with Crippen molar-refractivity contribution < 1.29 is 13.9 Å². The fourth-order valence-electron chi connectivity index (χ4n) is 0.267. The molecule has 0 aliphatic rings. The van der Waals surface area contributed by atoms with Crippen LogP contribution in [-0.2, 0) is 0 Å². The van der Waals surface area contributed by atoms with E-state index in [-0.39, 0.29) is 0 Å². The van der Waals surface area contributed by atoms with Gasteiger partial charge >= 0.3 is 5.92 Å². The van der Waals surface area contributed by atoms with Crippen molar-refractivity contribution in [1.82, 2.24) is 0 Å². The molecule has 0 aromatic carbocycles. The van der Waals surface area contributed by atoms with Crippen molar-refractivity contribution in [3.05, 3.63) is 0 Å². The van der Waals surface area contributed by atoms with Crippen molar-refractivity contribution in [1.29, 1.82) is 0 Å². The van der Waals surface area contributed by atoms with E-state index < -0.39 is 16.4 Å². The van der Waals surface area contributed by atoms with E-state index in [9.17, 15) is 8.78 Å². The van der Waals surface area contributed by atoms with Crippen LogP contribution < -0.4 is 0 Å². The molecule has 5 heteroatoms. The highest BCUT2D eigenvalue weighted by atomic mass is 35.5. The molecule has 0 aliphatic heterocycles. The van der Waals surface area contributed by atoms with E-state index in [2.05, 4.69) is 0 Å².